The lowest BCUT2D eigenvalue weighted by atomic mass is 9.54. The molecule has 0 saturated heterocycles. The van der Waals surface area contributed by atoms with Gasteiger partial charge in [0.2, 0.25) is 0 Å². The summed E-state index contributed by atoms with van der Waals surface area (Å²) in [4.78, 5) is 0. The molecule has 2 atom stereocenters. The molecule has 22 heavy (non-hydrogen) atoms. The third-order valence-electron chi connectivity index (χ3n) is 4.94. The van der Waals surface area contributed by atoms with Crippen LogP contribution in [-0.4, -0.2) is 0 Å². The summed E-state index contributed by atoms with van der Waals surface area (Å²) in [6, 6.07) is 14.8. The lowest BCUT2D eigenvalue weighted by molar-refractivity contribution is 0.121. The summed E-state index contributed by atoms with van der Waals surface area (Å²) in [6.07, 6.45) is 3.98. The van der Waals surface area contributed by atoms with Gasteiger partial charge in [0.05, 0.1) is 12.1 Å². The van der Waals surface area contributed by atoms with E-state index >= 15 is 0 Å². The van der Waals surface area contributed by atoms with Gasteiger partial charge in [-0.2, -0.15) is 10.5 Å². The highest BCUT2D eigenvalue weighted by atomic mass is 14.6. The van der Waals surface area contributed by atoms with Crippen molar-refractivity contribution in [3.8, 4) is 12.1 Å². The first kappa shape index (κ1) is 16.3. The quantitative estimate of drug-likeness (QED) is 0.703. The number of hydrogen-bond acceptors (Lipinski definition) is 2. The maximum Gasteiger partial charge on any atom is 0.157 e. The fraction of sp³-hybridized carbons (Fsp3) is 0.500. The number of rotatable bonds is 2. The summed E-state index contributed by atoms with van der Waals surface area (Å²) in [5, 5.41) is 19.9. The topological polar surface area (TPSA) is 47.6 Å². The Morgan fingerprint density at radius 3 is 2.18 bits per heavy atom. The molecule has 1 aliphatic carbocycles. The lowest BCUT2D eigenvalue weighted by Crippen LogP contribution is -2.43. The van der Waals surface area contributed by atoms with Crippen LogP contribution in [0.15, 0.2) is 42.0 Å². The van der Waals surface area contributed by atoms with E-state index in [9.17, 15) is 10.5 Å². The van der Waals surface area contributed by atoms with Crippen LogP contribution in [0.1, 0.15) is 52.0 Å². The largest absolute Gasteiger partial charge is 0.197 e. The van der Waals surface area contributed by atoms with Crippen LogP contribution in [0.2, 0.25) is 0 Å². The highest BCUT2D eigenvalue weighted by Gasteiger charge is 2.53. The summed E-state index contributed by atoms with van der Waals surface area (Å²) in [7, 11) is 0. The molecule has 2 nitrogen and oxygen atoms in total. The predicted octanol–water partition coefficient (Wildman–Crippen LogP) is 5.21. The molecule has 0 spiro atoms. The van der Waals surface area contributed by atoms with Crippen molar-refractivity contribution in [2.24, 2.45) is 16.7 Å². The van der Waals surface area contributed by atoms with E-state index in [1.165, 1.54) is 5.57 Å². The van der Waals surface area contributed by atoms with E-state index in [1.807, 2.05) is 30.3 Å². The van der Waals surface area contributed by atoms with Crippen molar-refractivity contribution in [1.82, 2.24) is 0 Å². The summed E-state index contributed by atoms with van der Waals surface area (Å²) in [6.45, 7) is 8.57. The van der Waals surface area contributed by atoms with Gasteiger partial charge in [-0.05, 0) is 23.8 Å². The van der Waals surface area contributed by atoms with E-state index < -0.39 is 5.41 Å². The molecule has 114 valence electrons. The fourth-order valence-electron chi connectivity index (χ4n) is 3.67. The van der Waals surface area contributed by atoms with Crippen LogP contribution in [0.5, 0.6) is 0 Å². The maximum absolute atomic E-state index is 9.96. The molecule has 1 aromatic carbocycles. The smallest absolute Gasteiger partial charge is 0.157 e. The Morgan fingerprint density at radius 1 is 1.14 bits per heavy atom. The standard InChI is InChI=1S/C20H24N2/c1-5-15-11-17(16-9-7-6-8-10-16)20(13-21,14-22)18(12-15)19(2,3)4/h6-11,17-18H,5,12H2,1-4H3/t17-,18+/m0/s1. The predicted molar refractivity (Wildman–Crippen MR) is 88.8 cm³/mol. The second kappa shape index (κ2) is 5.98. The van der Waals surface area contributed by atoms with Crippen LogP contribution < -0.4 is 0 Å². The maximum atomic E-state index is 9.96. The van der Waals surface area contributed by atoms with Crippen LogP contribution in [0.25, 0.3) is 0 Å². The lowest BCUT2D eigenvalue weighted by Gasteiger charge is -2.46. The van der Waals surface area contributed by atoms with Gasteiger partial charge in [-0.15, -0.1) is 0 Å². The van der Waals surface area contributed by atoms with Crippen molar-refractivity contribution in [3.05, 3.63) is 47.5 Å². The molecule has 0 bridgehead atoms. The van der Waals surface area contributed by atoms with Gasteiger partial charge in [0.25, 0.3) is 0 Å². The first-order valence-electron chi connectivity index (χ1n) is 7.96. The summed E-state index contributed by atoms with van der Waals surface area (Å²) in [5.74, 6) is -0.128. The molecular formula is C20H24N2. The molecule has 0 unspecified atom stereocenters. The average Bonchev–Trinajstić information content (AvgIpc) is 2.53. The first-order valence-corrected chi connectivity index (χ1v) is 7.96. The van der Waals surface area contributed by atoms with Crippen LogP contribution >= 0.6 is 0 Å². The van der Waals surface area contributed by atoms with E-state index in [0.29, 0.717) is 0 Å². The van der Waals surface area contributed by atoms with Gasteiger partial charge < -0.3 is 0 Å². The zero-order chi connectivity index (χ0) is 16.4. The van der Waals surface area contributed by atoms with E-state index in [0.717, 1.165) is 18.4 Å². The molecule has 1 aromatic rings. The zero-order valence-corrected chi connectivity index (χ0v) is 13.9. The molecule has 2 rings (SSSR count). The van der Waals surface area contributed by atoms with Crippen molar-refractivity contribution in [2.45, 2.75) is 46.5 Å². The normalized spacial score (nSPS) is 24.0. The van der Waals surface area contributed by atoms with Gasteiger partial charge in [-0.1, -0.05) is 69.7 Å². The highest BCUT2D eigenvalue weighted by Crippen LogP contribution is 2.55. The summed E-state index contributed by atoms with van der Waals surface area (Å²) in [5.41, 5.74) is 1.33. The molecule has 0 amide bonds. The summed E-state index contributed by atoms with van der Waals surface area (Å²) >= 11 is 0. The van der Waals surface area contributed by atoms with Crippen LogP contribution in [0, 0.1) is 39.4 Å². The molecule has 0 radical (unpaired) electrons. The van der Waals surface area contributed by atoms with Crippen LogP contribution in [-0.2, 0) is 0 Å². The molecule has 1 aliphatic rings. The van der Waals surface area contributed by atoms with E-state index in [-0.39, 0.29) is 17.3 Å². The number of benzene rings is 1. The Bertz CT molecular complexity index is 621. The van der Waals surface area contributed by atoms with Gasteiger partial charge in [0.15, 0.2) is 5.41 Å². The minimum Gasteiger partial charge on any atom is -0.197 e. The Labute approximate surface area is 134 Å². The van der Waals surface area contributed by atoms with Gasteiger partial charge in [0.1, 0.15) is 0 Å². The third kappa shape index (κ3) is 2.67. The summed E-state index contributed by atoms with van der Waals surface area (Å²) < 4.78 is 0. The van der Waals surface area contributed by atoms with Gasteiger partial charge in [-0.3, -0.25) is 0 Å². The van der Waals surface area contributed by atoms with Gasteiger partial charge in [0, 0.05) is 11.8 Å². The highest BCUT2D eigenvalue weighted by molar-refractivity contribution is 5.40. The van der Waals surface area contributed by atoms with Crippen molar-refractivity contribution >= 4 is 0 Å². The number of nitriles is 2. The second-order valence-electron chi connectivity index (χ2n) is 7.28. The Hall–Kier alpha value is -2.06. The van der Waals surface area contributed by atoms with Crippen molar-refractivity contribution < 1.29 is 0 Å². The van der Waals surface area contributed by atoms with Crippen molar-refractivity contribution in [1.29, 1.82) is 10.5 Å². The van der Waals surface area contributed by atoms with Crippen LogP contribution in [0.3, 0.4) is 0 Å². The molecule has 0 N–H and O–H groups in total. The molecule has 0 heterocycles. The molecule has 0 aromatic heterocycles. The Morgan fingerprint density at radius 2 is 1.73 bits per heavy atom. The minimum absolute atomic E-state index is 0.0279. The Kier molecular flexibility index (Phi) is 4.43. The molecule has 0 fully saturated rings. The molecule has 0 saturated carbocycles. The molecule has 0 aliphatic heterocycles. The zero-order valence-electron chi connectivity index (χ0n) is 13.9. The third-order valence-corrected chi connectivity index (χ3v) is 4.94. The SMILES string of the molecule is CCC1=C[C@@H](c2ccccc2)C(C#N)(C#N)[C@@H](C(C)(C)C)C1. The Balaban J connectivity index is 2.67. The average molecular weight is 292 g/mol. The minimum atomic E-state index is -1.00. The van der Waals surface area contributed by atoms with Gasteiger partial charge in [-0.25, -0.2) is 0 Å². The van der Waals surface area contributed by atoms with Crippen molar-refractivity contribution in [3.63, 3.8) is 0 Å². The van der Waals surface area contributed by atoms with Gasteiger partial charge >= 0.3 is 0 Å². The second-order valence-corrected chi connectivity index (χ2v) is 7.28. The fourth-order valence-corrected chi connectivity index (χ4v) is 3.67. The number of hydrogen-bond donors (Lipinski definition) is 0. The first-order chi connectivity index (χ1) is 10.4. The molecular weight excluding hydrogens is 268 g/mol. The number of allylic oxidation sites excluding steroid dienone is 2. The van der Waals surface area contributed by atoms with E-state index in [4.69, 9.17) is 0 Å². The van der Waals surface area contributed by atoms with Crippen molar-refractivity contribution in [2.75, 3.05) is 0 Å². The molecule has 2 heteroatoms. The number of nitrogens with zero attached hydrogens (tertiary/aromatic N) is 2. The van der Waals surface area contributed by atoms with E-state index in [1.54, 1.807) is 0 Å². The van der Waals surface area contributed by atoms with E-state index in [2.05, 4.69) is 45.9 Å². The van der Waals surface area contributed by atoms with Crippen LogP contribution in [0.4, 0.5) is 0 Å². The monoisotopic (exact) mass is 292 g/mol.